The average molecular weight is 486 g/mol. The van der Waals surface area contributed by atoms with Crippen molar-refractivity contribution in [1.29, 1.82) is 0 Å². The molecule has 0 bridgehead atoms. The van der Waals surface area contributed by atoms with Gasteiger partial charge in [0.05, 0.1) is 24.0 Å². The van der Waals surface area contributed by atoms with E-state index >= 15 is 0 Å². The van der Waals surface area contributed by atoms with Crippen LogP contribution in [0, 0.1) is 5.41 Å². The number of Topliss-reactive ketones (excluding diaryl/α,β-unsaturated/α-hetero) is 1. The van der Waals surface area contributed by atoms with Gasteiger partial charge in [-0.3, -0.25) is 9.59 Å². The first-order chi connectivity index (χ1) is 16.9. The molecule has 35 heavy (non-hydrogen) atoms. The fourth-order valence-electron chi connectivity index (χ4n) is 5.20. The van der Waals surface area contributed by atoms with Crippen LogP contribution < -0.4 is 15.5 Å². The number of fused-ring (bicyclic) bond motifs is 1. The lowest BCUT2D eigenvalue weighted by Gasteiger charge is -2.37. The van der Waals surface area contributed by atoms with Crippen molar-refractivity contribution >= 4 is 34.4 Å². The van der Waals surface area contributed by atoms with Crippen LogP contribution >= 0.6 is 11.3 Å². The van der Waals surface area contributed by atoms with E-state index in [4.69, 9.17) is 0 Å². The Kier molecular flexibility index (Phi) is 6.48. The summed E-state index contributed by atoms with van der Waals surface area (Å²) in [4.78, 5) is 30.2. The maximum absolute atomic E-state index is 13.6. The maximum atomic E-state index is 13.6. The lowest BCUT2D eigenvalue weighted by Crippen LogP contribution is -2.42. The predicted octanol–water partition coefficient (Wildman–Crippen LogP) is 5.72. The van der Waals surface area contributed by atoms with Gasteiger partial charge < -0.3 is 15.5 Å². The number of anilines is 2. The van der Waals surface area contributed by atoms with E-state index in [9.17, 15) is 9.59 Å². The van der Waals surface area contributed by atoms with Crippen LogP contribution in [0.3, 0.4) is 0 Å². The highest BCUT2D eigenvalue weighted by molar-refractivity contribution is 7.09. The van der Waals surface area contributed by atoms with Gasteiger partial charge in [-0.1, -0.05) is 62.4 Å². The topological polar surface area (TPSA) is 61.4 Å². The van der Waals surface area contributed by atoms with E-state index in [1.807, 2.05) is 48.5 Å². The van der Waals surface area contributed by atoms with Gasteiger partial charge in [0.1, 0.15) is 0 Å². The molecule has 0 radical (unpaired) electrons. The van der Waals surface area contributed by atoms with E-state index in [0.717, 1.165) is 41.1 Å². The van der Waals surface area contributed by atoms with Gasteiger partial charge in [0.2, 0.25) is 5.91 Å². The molecule has 0 saturated carbocycles. The second-order valence-electron chi connectivity index (χ2n) is 10.1. The van der Waals surface area contributed by atoms with Crippen molar-refractivity contribution in [3.8, 4) is 0 Å². The number of carbonyl (C=O) groups is 2. The van der Waals surface area contributed by atoms with E-state index in [2.05, 4.69) is 53.0 Å². The molecule has 1 atom stereocenters. The molecule has 6 heteroatoms. The van der Waals surface area contributed by atoms with Crippen LogP contribution in [0.15, 0.2) is 83.4 Å². The molecular formula is C29H31N3O2S. The quantitative estimate of drug-likeness (QED) is 0.469. The van der Waals surface area contributed by atoms with Crippen LogP contribution in [0.4, 0.5) is 11.4 Å². The summed E-state index contributed by atoms with van der Waals surface area (Å²) < 4.78 is 0. The molecule has 1 amide bonds. The van der Waals surface area contributed by atoms with E-state index < -0.39 is 0 Å². The predicted molar refractivity (Wildman–Crippen MR) is 143 cm³/mol. The number of thiophene rings is 1. The third-order valence-corrected chi connectivity index (χ3v) is 7.64. The lowest BCUT2D eigenvalue weighted by atomic mass is 9.73. The molecule has 1 aliphatic heterocycles. The molecule has 3 aromatic rings. The van der Waals surface area contributed by atoms with Crippen molar-refractivity contribution in [2.45, 2.75) is 39.2 Å². The summed E-state index contributed by atoms with van der Waals surface area (Å²) >= 11 is 1.70. The second kappa shape index (κ2) is 9.70. The number of nitrogens with zero attached hydrogens (tertiary/aromatic N) is 1. The Labute approximate surface area is 210 Å². The first-order valence-electron chi connectivity index (χ1n) is 12.1. The number of ketones is 1. The number of nitrogens with one attached hydrogen (secondary N) is 2. The van der Waals surface area contributed by atoms with Gasteiger partial charge in [-0.05, 0) is 47.4 Å². The van der Waals surface area contributed by atoms with Crippen molar-refractivity contribution in [3.05, 3.63) is 93.8 Å². The third-order valence-electron chi connectivity index (χ3n) is 6.71. The normalized spacial score (nSPS) is 18.9. The largest absolute Gasteiger partial charge is 0.357 e. The van der Waals surface area contributed by atoms with Gasteiger partial charge in [0, 0.05) is 29.1 Å². The summed E-state index contributed by atoms with van der Waals surface area (Å²) in [5, 5.41) is 8.74. The van der Waals surface area contributed by atoms with Crippen molar-refractivity contribution in [3.63, 3.8) is 0 Å². The minimum atomic E-state index is -0.339. The number of amides is 1. The van der Waals surface area contributed by atoms with Crippen molar-refractivity contribution < 1.29 is 9.59 Å². The molecule has 1 aromatic heterocycles. The minimum absolute atomic E-state index is 0.0510. The summed E-state index contributed by atoms with van der Waals surface area (Å²) in [6, 6.07) is 21.9. The van der Waals surface area contributed by atoms with Gasteiger partial charge in [0.15, 0.2) is 5.78 Å². The Morgan fingerprint density at radius 1 is 1.06 bits per heavy atom. The molecule has 2 aromatic carbocycles. The van der Waals surface area contributed by atoms with Crippen LogP contribution in [-0.4, -0.2) is 24.8 Å². The van der Waals surface area contributed by atoms with Gasteiger partial charge in [0.25, 0.3) is 0 Å². The van der Waals surface area contributed by atoms with Crippen molar-refractivity contribution in [1.82, 2.24) is 5.32 Å². The number of rotatable bonds is 6. The molecule has 0 fully saturated rings. The lowest BCUT2D eigenvalue weighted by molar-refractivity contribution is -0.120. The van der Waals surface area contributed by atoms with E-state index in [1.165, 1.54) is 4.88 Å². The SMILES string of the molecule is CC1(C)CC(=O)C2=C(C1)Nc1ccccc1N(CC(=O)NCCc1cccs1)C2c1ccccc1. The Balaban J connectivity index is 1.53. The monoisotopic (exact) mass is 485 g/mol. The summed E-state index contributed by atoms with van der Waals surface area (Å²) in [6.45, 7) is 5.03. The number of hydrogen-bond acceptors (Lipinski definition) is 5. The highest BCUT2D eigenvalue weighted by Crippen LogP contribution is 2.48. The zero-order valence-corrected chi connectivity index (χ0v) is 21.0. The molecule has 0 spiro atoms. The van der Waals surface area contributed by atoms with Crippen LogP contribution in [-0.2, 0) is 16.0 Å². The first-order valence-corrected chi connectivity index (χ1v) is 13.0. The zero-order chi connectivity index (χ0) is 24.4. The molecular weight excluding hydrogens is 454 g/mol. The van der Waals surface area contributed by atoms with E-state index in [-0.39, 0.29) is 29.7 Å². The zero-order valence-electron chi connectivity index (χ0n) is 20.2. The smallest absolute Gasteiger partial charge is 0.239 e. The molecule has 1 unspecified atom stereocenters. The average Bonchev–Trinajstić information content (AvgIpc) is 3.30. The van der Waals surface area contributed by atoms with Gasteiger partial charge >= 0.3 is 0 Å². The standard InChI is InChI=1S/C29H31N3O2S/c1-29(2)17-23-27(25(33)18-29)28(20-9-4-3-5-10-20)32(24-13-7-6-12-22(24)31-23)19-26(34)30-15-14-21-11-8-16-35-21/h3-13,16,28,31H,14-15,17-19H2,1-2H3,(H,30,34). The second-order valence-corrected chi connectivity index (χ2v) is 11.1. The summed E-state index contributed by atoms with van der Waals surface area (Å²) in [6.07, 6.45) is 2.09. The van der Waals surface area contributed by atoms with Crippen LogP contribution in [0.25, 0.3) is 0 Å². The van der Waals surface area contributed by atoms with Gasteiger partial charge in [-0.15, -0.1) is 11.3 Å². The molecule has 0 saturated heterocycles. The van der Waals surface area contributed by atoms with Gasteiger partial charge in [-0.25, -0.2) is 0 Å². The summed E-state index contributed by atoms with van der Waals surface area (Å²) in [5.41, 5.74) is 4.49. The Bertz CT molecular complexity index is 1250. The van der Waals surface area contributed by atoms with Crippen LogP contribution in [0.2, 0.25) is 0 Å². The number of para-hydroxylation sites is 2. The maximum Gasteiger partial charge on any atom is 0.239 e. The molecule has 1 aliphatic carbocycles. The molecule has 5 rings (SSSR count). The molecule has 5 nitrogen and oxygen atoms in total. The van der Waals surface area contributed by atoms with Crippen molar-refractivity contribution in [2.75, 3.05) is 23.3 Å². The fourth-order valence-corrected chi connectivity index (χ4v) is 5.91. The first kappa shape index (κ1) is 23.4. The summed E-state index contributed by atoms with van der Waals surface area (Å²) in [7, 11) is 0. The number of carbonyl (C=O) groups excluding carboxylic acids is 2. The highest BCUT2D eigenvalue weighted by atomic mass is 32.1. The minimum Gasteiger partial charge on any atom is -0.357 e. The molecule has 2 aliphatic rings. The van der Waals surface area contributed by atoms with Crippen molar-refractivity contribution in [2.24, 2.45) is 5.41 Å². The van der Waals surface area contributed by atoms with Gasteiger partial charge in [-0.2, -0.15) is 0 Å². The molecule has 2 heterocycles. The number of hydrogen-bond donors (Lipinski definition) is 2. The summed E-state index contributed by atoms with van der Waals surface area (Å²) in [5.74, 6) is 0.0958. The third kappa shape index (κ3) is 5.03. The Morgan fingerprint density at radius 3 is 2.60 bits per heavy atom. The molecule has 180 valence electrons. The number of benzene rings is 2. The highest BCUT2D eigenvalue weighted by Gasteiger charge is 2.41. The van der Waals surface area contributed by atoms with Crippen LogP contribution in [0.5, 0.6) is 0 Å². The molecule has 2 N–H and O–H groups in total. The Hall–Kier alpha value is -3.38. The van der Waals surface area contributed by atoms with E-state index in [1.54, 1.807) is 11.3 Å². The van der Waals surface area contributed by atoms with Crippen LogP contribution in [0.1, 0.15) is 43.2 Å². The Morgan fingerprint density at radius 2 is 1.83 bits per heavy atom. The fraction of sp³-hybridized carbons (Fsp3) is 0.310. The van der Waals surface area contributed by atoms with E-state index in [0.29, 0.717) is 13.0 Å². The number of allylic oxidation sites excluding steroid dienone is 1.